The summed E-state index contributed by atoms with van der Waals surface area (Å²) in [6, 6.07) is 8.57. The molecule has 17 heavy (non-hydrogen) atoms. The van der Waals surface area contributed by atoms with Crippen molar-refractivity contribution in [2.24, 2.45) is 0 Å². The maximum Gasteiger partial charge on any atom is 0.150 e. The van der Waals surface area contributed by atoms with E-state index in [4.69, 9.17) is 0 Å². The lowest BCUT2D eigenvalue weighted by atomic mass is 10.0. The summed E-state index contributed by atoms with van der Waals surface area (Å²) in [6.07, 6.45) is 0.546. The van der Waals surface area contributed by atoms with E-state index in [1.165, 1.54) is 24.3 Å². The highest BCUT2D eigenvalue weighted by Crippen LogP contribution is 2.29. The number of hydrogen-bond donors (Lipinski definition) is 0. The van der Waals surface area contributed by atoms with Crippen LogP contribution in [0.2, 0.25) is 0 Å². The van der Waals surface area contributed by atoms with Crippen molar-refractivity contribution in [1.29, 1.82) is 0 Å². The Morgan fingerprint density at radius 3 is 2.47 bits per heavy atom. The van der Waals surface area contributed by atoms with Gasteiger partial charge >= 0.3 is 0 Å². The number of carbonyl (C=O) groups is 1. The first-order chi connectivity index (χ1) is 8.13. The molecule has 0 bridgehead atoms. The topological polar surface area (TPSA) is 17.1 Å². The standard InChI is InChI=1S/C13H7BrF2O/c14-11-3-1-2-10(13(11)16)9-5-4-8(7-17)6-12(9)15/h1-7H. The van der Waals surface area contributed by atoms with Gasteiger partial charge in [-0.15, -0.1) is 0 Å². The molecule has 4 heteroatoms. The smallest absolute Gasteiger partial charge is 0.150 e. The molecule has 0 fully saturated rings. The summed E-state index contributed by atoms with van der Waals surface area (Å²) < 4.78 is 27.7. The molecule has 1 nitrogen and oxygen atoms in total. The van der Waals surface area contributed by atoms with Gasteiger partial charge in [0.1, 0.15) is 17.9 Å². The van der Waals surface area contributed by atoms with E-state index in [-0.39, 0.29) is 21.2 Å². The molecule has 0 aliphatic carbocycles. The molecule has 0 aliphatic rings. The minimum atomic E-state index is -0.619. The fourth-order valence-corrected chi connectivity index (χ4v) is 1.90. The highest BCUT2D eigenvalue weighted by Gasteiger charge is 2.12. The van der Waals surface area contributed by atoms with Crippen molar-refractivity contribution in [2.45, 2.75) is 0 Å². The van der Waals surface area contributed by atoms with Crippen LogP contribution in [0.25, 0.3) is 11.1 Å². The lowest BCUT2D eigenvalue weighted by molar-refractivity contribution is 0.112. The van der Waals surface area contributed by atoms with Gasteiger partial charge in [-0.2, -0.15) is 0 Å². The third-order valence-corrected chi connectivity index (χ3v) is 2.98. The SMILES string of the molecule is O=Cc1ccc(-c2cccc(Br)c2F)c(F)c1. The van der Waals surface area contributed by atoms with Crippen molar-refractivity contribution >= 4 is 22.2 Å². The molecule has 0 saturated carbocycles. The van der Waals surface area contributed by atoms with Crippen molar-refractivity contribution in [3.8, 4) is 11.1 Å². The van der Waals surface area contributed by atoms with E-state index in [2.05, 4.69) is 15.9 Å². The molecule has 0 spiro atoms. The van der Waals surface area contributed by atoms with Crippen LogP contribution >= 0.6 is 15.9 Å². The van der Waals surface area contributed by atoms with Gasteiger partial charge in [0, 0.05) is 16.7 Å². The van der Waals surface area contributed by atoms with E-state index in [1.54, 1.807) is 6.07 Å². The highest BCUT2D eigenvalue weighted by molar-refractivity contribution is 9.10. The summed E-state index contributed by atoms with van der Waals surface area (Å²) in [5.41, 5.74) is 0.519. The molecule has 2 aromatic rings. The third kappa shape index (κ3) is 2.26. The zero-order valence-electron chi connectivity index (χ0n) is 8.58. The summed E-state index contributed by atoms with van der Waals surface area (Å²) in [5.74, 6) is -1.14. The molecule has 0 radical (unpaired) electrons. The molecule has 0 unspecified atom stereocenters. The minimum Gasteiger partial charge on any atom is -0.298 e. The van der Waals surface area contributed by atoms with Gasteiger partial charge in [-0.3, -0.25) is 4.79 Å². The van der Waals surface area contributed by atoms with E-state index in [9.17, 15) is 13.6 Å². The first-order valence-electron chi connectivity index (χ1n) is 4.82. The van der Waals surface area contributed by atoms with Crippen molar-refractivity contribution in [1.82, 2.24) is 0 Å². The second-order valence-corrected chi connectivity index (χ2v) is 4.31. The predicted molar refractivity (Wildman–Crippen MR) is 64.9 cm³/mol. The Bertz CT molecular complexity index is 582. The van der Waals surface area contributed by atoms with Gasteiger partial charge in [0.15, 0.2) is 0 Å². The van der Waals surface area contributed by atoms with Gasteiger partial charge < -0.3 is 0 Å². The second-order valence-electron chi connectivity index (χ2n) is 3.46. The maximum atomic E-state index is 13.8. The van der Waals surface area contributed by atoms with E-state index in [1.807, 2.05) is 0 Å². The lowest BCUT2D eigenvalue weighted by Gasteiger charge is -2.06. The van der Waals surface area contributed by atoms with Crippen LogP contribution in [0, 0.1) is 11.6 Å². The Morgan fingerprint density at radius 2 is 1.82 bits per heavy atom. The van der Waals surface area contributed by atoms with Gasteiger partial charge in [0.2, 0.25) is 0 Å². The monoisotopic (exact) mass is 296 g/mol. The van der Waals surface area contributed by atoms with Crippen LogP contribution in [0.1, 0.15) is 10.4 Å². The Labute approximate surface area is 105 Å². The van der Waals surface area contributed by atoms with Gasteiger partial charge in [-0.05, 0) is 28.1 Å². The Morgan fingerprint density at radius 1 is 1.06 bits per heavy atom. The average Bonchev–Trinajstić information content (AvgIpc) is 2.33. The fraction of sp³-hybridized carbons (Fsp3) is 0. The zero-order valence-corrected chi connectivity index (χ0v) is 10.2. The number of carbonyl (C=O) groups excluding carboxylic acids is 1. The molecule has 0 aromatic heterocycles. The molecule has 86 valence electrons. The van der Waals surface area contributed by atoms with Crippen LogP contribution in [0.5, 0.6) is 0 Å². The Balaban J connectivity index is 2.61. The predicted octanol–water partition coefficient (Wildman–Crippen LogP) is 4.21. The first-order valence-corrected chi connectivity index (χ1v) is 5.62. The molecule has 0 saturated heterocycles. The van der Waals surface area contributed by atoms with Crippen LogP contribution in [-0.4, -0.2) is 6.29 Å². The average molecular weight is 297 g/mol. The molecule has 0 amide bonds. The molecular weight excluding hydrogens is 290 g/mol. The van der Waals surface area contributed by atoms with E-state index in [0.29, 0.717) is 6.29 Å². The van der Waals surface area contributed by atoms with Crippen LogP contribution in [-0.2, 0) is 0 Å². The summed E-state index contributed by atoms with van der Waals surface area (Å²) >= 11 is 3.04. The summed E-state index contributed by atoms with van der Waals surface area (Å²) in [5, 5.41) is 0. The summed E-state index contributed by atoms with van der Waals surface area (Å²) in [7, 11) is 0. The molecule has 2 rings (SSSR count). The Hall–Kier alpha value is -1.55. The molecule has 0 N–H and O–H groups in total. The van der Waals surface area contributed by atoms with Gasteiger partial charge in [-0.25, -0.2) is 8.78 Å². The number of aldehydes is 1. The molecule has 0 aliphatic heterocycles. The van der Waals surface area contributed by atoms with E-state index >= 15 is 0 Å². The number of halogens is 3. The Kier molecular flexibility index (Phi) is 3.33. The lowest BCUT2D eigenvalue weighted by Crippen LogP contribution is -1.91. The largest absolute Gasteiger partial charge is 0.298 e. The first kappa shape index (κ1) is 11.9. The number of rotatable bonds is 2. The van der Waals surface area contributed by atoms with E-state index < -0.39 is 11.6 Å². The van der Waals surface area contributed by atoms with Crippen molar-refractivity contribution in [3.63, 3.8) is 0 Å². The summed E-state index contributed by atoms with van der Waals surface area (Å²) in [6.45, 7) is 0. The van der Waals surface area contributed by atoms with Crippen molar-refractivity contribution in [3.05, 3.63) is 58.1 Å². The van der Waals surface area contributed by atoms with E-state index in [0.717, 1.165) is 6.07 Å². The van der Waals surface area contributed by atoms with Gasteiger partial charge in [0.05, 0.1) is 4.47 Å². The fourth-order valence-electron chi connectivity index (χ4n) is 1.53. The van der Waals surface area contributed by atoms with Gasteiger partial charge in [-0.1, -0.05) is 24.3 Å². The molecule has 0 heterocycles. The van der Waals surface area contributed by atoms with Gasteiger partial charge in [0.25, 0.3) is 0 Å². The number of hydrogen-bond acceptors (Lipinski definition) is 1. The number of benzene rings is 2. The minimum absolute atomic E-state index is 0.134. The van der Waals surface area contributed by atoms with Crippen LogP contribution < -0.4 is 0 Å². The van der Waals surface area contributed by atoms with Crippen LogP contribution in [0.4, 0.5) is 8.78 Å². The maximum absolute atomic E-state index is 13.8. The highest BCUT2D eigenvalue weighted by atomic mass is 79.9. The second kappa shape index (κ2) is 4.75. The summed E-state index contributed by atoms with van der Waals surface area (Å²) in [4.78, 5) is 10.5. The molecule has 0 atom stereocenters. The van der Waals surface area contributed by atoms with Crippen molar-refractivity contribution in [2.75, 3.05) is 0 Å². The normalized spacial score (nSPS) is 10.3. The third-order valence-electron chi connectivity index (χ3n) is 2.37. The van der Waals surface area contributed by atoms with Crippen LogP contribution in [0.15, 0.2) is 40.9 Å². The molecule has 2 aromatic carbocycles. The quantitative estimate of drug-likeness (QED) is 0.759. The van der Waals surface area contributed by atoms with Crippen LogP contribution in [0.3, 0.4) is 0 Å². The van der Waals surface area contributed by atoms with Crippen molar-refractivity contribution < 1.29 is 13.6 Å². The zero-order chi connectivity index (χ0) is 12.4. The molecular formula is C13H7BrF2O.